The number of rotatable bonds is 30. The van der Waals surface area contributed by atoms with Crippen molar-refractivity contribution in [2.24, 2.45) is 0 Å². The highest BCUT2D eigenvalue weighted by atomic mass is 127. The van der Waals surface area contributed by atoms with Crippen LogP contribution in [0.15, 0.2) is 0 Å². The largest absolute Gasteiger partial charge is 0.394 e. The molecule has 40 heteroatoms. The molecule has 19 N–H and O–H groups in total. The summed E-state index contributed by atoms with van der Waals surface area (Å²) >= 11 is 15.0. The van der Waals surface area contributed by atoms with Crippen molar-refractivity contribution < 1.29 is 110 Å². The van der Waals surface area contributed by atoms with Crippen LogP contribution in [0.25, 0.3) is 0 Å². The normalized spacial score (nSPS) is 14.0. The summed E-state index contributed by atoms with van der Waals surface area (Å²) in [6.07, 6.45) is -10.3. The highest BCUT2D eigenvalue weighted by Gasteiger charge is 2.38. The quantitative estimate of drug-likeness (QED) is 0.0309. The Balaban J connectivity index is 2.42. The Morgan fingerprint density at radius 3 is 0.753 bits per heavy atom. The molecule has 6 atom stereocenters. The van der Waals surface area contributed by atoms with Gasteiger partial charge in [0.2, 0.25) is 0 Å². The Morgan fingerprint density at radius 2 is 0.562 bits per heavy atom. The molecule has 3 rings (SSSR count). The van der Waals surface area contributed by atoms with Gasteiger partial charge in [-0.3, -0.25) is 43.2 Å². The lowest BCUT2D eigenvalue weighted by Crippen LogP contribution is -2.57. The van der Waals surface area contributed by atoms with Gasteiger partial charge >= 0.3 is 0 Å². The maximum absolute atomic E-state index is 14.8. The minimum absolute atomic E-state index is 0.00143. The van der Waals surface area contributed by atoms with E-state index >= 15 is 0 Å². The van der Waals surface area contributed by atoms with Crippen LogP contribution >= 0.6 is 203 Å². The van der Waals surface area contributed by atoms with Crippen LogP contribution in [-0.2, 0) is 14.4 Å². The number of nitrogens with one attached hydrogen (secondary N) is 6. The monoisotopic (exact) mass is 2270 g/mol. The molecule has 9 amide bonds. The summed E-state index contributed by atoms with van der Waals surface area (Å²) in [6.45, 7) is -9.55. The molecule has 0 fully saturated rings. The van der Waals surface area contributed by atoms with Gasteiger partial charge in [0.15, 0.2) is 18.3 Å². The first-order valence-corrected chi connectivity index (χ1v) is 34.8. The zero-order valence-corrected chi connectivity index (χ0v) is 65.6. The molecule has 0 aliphatic carbocycles. The van der Waals surface area contributed by atoms with Crippen LogP contribution in [0.3, 0.4) is 0 Å². The van der Waals surface area contributed by atoms with E-state index in [0.717, 1.165) is 14.7 Å². The summed E-state index contributed by atoms with van der Waals surface area (Å²) in [5.41, 5.74) is -5.08. The minimum Gasteiger partial charge on any atom is -0.394 e. The molecule has 0 aliphatic heterocycles. The van der Waals surface area contributed by atoms with E-state index in [1.807, 2.05) is 0 Å². The van der Waals surface area contributed by atoms with Crippen molar-refractivity contribution in [1.29, 1.82) is 0 Å². The van der Waals surface area contributed by atoms with E-state index in [4.69, 9.17) is 0 Å². The fourth-order valence-electron chi connectivity index (χ4n) is 7.48. The van der Waals surface area contributed by atoms with Crippen LogP contribution in [0.2, 0.25) is 0 Å². The number of benzene rings is 3. The second-order valence-electron chi connectivity index (χ2n) is 19.1. The Hall–Kier alpha value is -1.06. The first-order chi connectivity index (χ1) is 41.5. The molecule has 0 aliphatic rings. The molecule has 0 spiro atoms. The molecule has 0 radical (unpaired) electrons. The van der Waals surface area contributed by atoms with E-state index in [1.54, 1.807) is 203 Å². The predicted molar refractivity (Wildman–Crippen MR) is 391 cm³/mol. The maximum Gasteiger partial charge on any atom is 0.255 e. The van der Waals surface area contributed by atoms with Gasteiger partial charge in [0.25, 0.3) is 53.2 Å². The first-order valence-electron chi connectivity index (χ1n) is 25.1. The van der Waals surface area contributed by atoms with Crippen LogP contribution in [0.1, 0.15) is 62.1 Å². The number of aliphatic hydroxyl groups excluding tert-OH is 12. The Bertz CT molecular complexity index is 2890. The molecular formula is C49H58I9N9O22. The fourth-order valence-corrected chi connectivity index (χ4v) is 20.6. The summed E-state index contributed by atoms with van der Waals surface area (Å²) in [5.74, 6) is -9.38. The Kier molecular flexibility index (Phi) is 34.6. The molecule has 494 valence electrons. The summed E-state index contributed by atoms with van der Waals surface area (Å²) in [7, 11) is 3.79. The van der Waals surface area contributed by atoms with Crippen LogP contribution in [0, 0.1) is 32.1 Å². The topological polar surface area (TPSA) is 499 Å². The predicted octanol–water partition coefficient (Wildman–Crippen LogP) is -2.40. The Labute approximate surface area is 629 Å². The van der Waals surface area contributed by atoms with Gasteiger partial charge in [0.05, 0.1) is 149 Å². The van der Waals surface area contributed by atoms with Crippen molar-refractivity contribution >= 4 is 274 Å². The van der Waals surface area contributed by atoms with Crippen molar-refractivity contribution in [2.45, 2.75) is 42.2 Å². The Morgan fingerprint density at radius 1 is 0.360 bits per heavy atom. The zero-order valence-electron chi connectivity index (χ0n) is 46.2. The molecule has 3 aromatic carbocycles. The molecule has 0 bridgehead atoms. The molecular weight excluding hydrogens is 2210 g/mol. The van der Waals surface area contributed by atoms with E-state index in [9.17, 15) is 110 Å². The number of anilines is 3. The third kappa shape index (κ3) is 21.0. The molecule has 0 heterocycles. The van der Waals surface area contributed by atoms with E-state index in [-0.39, 0.29) is 82.6 Å². The summed E-state index contributed by atoms with van der Waals surface area (Å²) in [6, 6.07) is 0. The molecule has 0 saturated heterocycles. The minimum atomic E-state index is -2.59. The number of carbonyl (C=O) groups excluding carboxylic acids is 9. The molecule has 6 unspecified atom stereocenters. The number of likely N-dealkylation sites (N-methyl/N-ethyl adjacent to an activating group) is 3. The zero-order chi connectivity index (χ0) is 68.0. The lowest BCUT2D eigenvalue weighted by molar-refractivity contribution is -0.126. The van der Waals surface area contributed by atoms with E-state index in [0.29, 0.717) is 0 Å². The van der Waals surface area contributed by atoms with Crippen LogP contribution in [0.5, 0.6) is 0 Å². The maximum atomic E-state index is 14.8. The van der Waals surface area contributed by atoms with E-state index in [2.05, 4.69) is 31.9 Å². The lowest BCUT2D eigenvalue weighted by atomic mass is 10.0. The average molecular weight is 2270 g/mol. The molecule has 0 aromatic heterocycles. The number of aliphatic hydroxyl groups is 13. The molecule has 31 nitrogen and oxygen atoms in total. The number of hydrogen-bond donors (Lipinski definition) is 19. The van der Waals surface area contributed by atoms with E-state index < -0.39 is 174 Å². The molecule has 3 aromatic rings. The highest BCUT2D eigenvalue weighted by molar-refractivity contribution is 14.1. The molecule has 0 saturated carbocycles. The number of halogens is 9. The van der Waals surface area contributed by atoms with Crippen LogP contribution in [0.4, 0.5) is 17.1 Å². The van der Waals surface area contributed by atoms with Crippen LogP contribution in [-0.4, -0.2) is 277 Å². The van der Waals surface area contributed by atoms with Gasteiger partial charge in [-0.05, 0) is 203 Å². The van der Waals surface area contributed by atoms with E-state index in [1.165, 1.54) is 21.1 Å². The second-order valence-corrected chi connectivity index (χ2v) is 28.8. The fraction of sp³-hybridized carbons (Fsp3) is 0.449. The number of nitrogens with zero attached hydrogens (tertiary/aromatic N) is 3. The summed E-state index contributed by atoms with van der Waals surface area (Å²) in [5, 5.41) is 146. The van der Waals surface area contributed by atoms with Gasteiger partial charge < -0.3 is 113 Å². The van der Waals surface area contributed by atoms with Gasteiger partial charge in [0.1, 0.15) is 5.60 Å². The van der Waals surface area contributed by atoms with Crippen molar-refractivity contribution in [3.63, 3.8) is 0 Å². The number of amides is 9. The van der Waals surface area contributed by atoms with Crippen LogP contribution < -0.4 is 31.9 Å². The standard InChI is InChI=1S/C49H58I9N9O22/c1-65(4-16(74)7-68)46(86)25-28(50)22(31(53)37(34(25)56)62-40(80)19(77)10-71)43(83)59-13-49(89,14-60-44(84)23-29(51)26(47(87)66(2)5-17(75)8-69)35(57)38(32(23)54)63-41(81)20(78)11-72)15-61-45(85)24-30(52)27(48(88)67(3)6-18(76)9-70)36(58)39(33(24)55)64-42(82)21(79)12-73/h16-21,68-79,89H,4-15H2,1-3H3,(H,59,83)(H,60,84)(H,61,85)(H,62,80)(H,63,81)(H,64,82). The summed E-state index contributed by atoms with van der Waals surface area (Å²) < 4.78 is -0.499. The second kappa shape index (κ2) is 37.5. The third-order valence-corrected chi connectivity index (χ3v) is 22.0. The average Bonchev–Trinajstić information content (AvgIpc) is 1.51. The lowest BCUT2D eigenvalue weighted by Gasteiger charge is -2.30. The SMILES string of the molecule is CN(CC(O)CO)C(=O)c1c(I)c(NC(=O)C(O)CO)c(I)c(C(=O)NCC(O)(CNC(=O)c2c(I)c(NC(=O)C(O)CO)c(I)c(C(=O)N(C)CC(O)CO)c2I)CNC(=O)c2c(I)c(NC(=O)C(O)CO)c(I)c(C(=O)N(C)CC(O)CO)c2I)c1I. The smallest absolute Gasteiger partial charge is 0.255 e. The highest BCUT2D eigenvalue weighted by Crippen LogP contribution is 2.40. The molecule has 89 heavy (non-hydrogen) atoms. The first kappa shape index (κ1) is 82.2. The van der Waals surface area contributed by atoms with Gasteiger partial charge in [-0.1, -0.05) is 0 Å². The van der Waals surface area contributed by atoms with Crippen molar-refractivity contribution in [3.8, 4) is 0 Å². The van der Waals surface area contributed by atoms with Crippen molar-refractivity contribution in [1.82, 2.24) is 30.7 Å². The van der Waals surface area contributed by atoms with Crippen molar-refractivity contribution in [2.75, 3.05) is 116 Å². The third-order valence-electron chi connectivity index (χ3n) is 12.3. The van der Waals surface area contributed by atoms with Crippen molar-refractivity contribution in [3.05, 3.63) is 65.5 Å². The van der Waals surface area contributed by atoms with Gasteiger partial charge in [-0.2, -0.15) is 0 Å². The van der Waals surface area contributed by atoms with Gasteiger partial charge in [-0.25, -0.2) is 0 Å². The number of hydrogen-bond acceptors (Lipinski definition) is 22. The van der Waals surface area contributed by atoms with Gasteiger partial charge in [-0.15, -0.1) is 0 Å². The van der Waals surface area contributed by atoms with Gasteiger partial charge in [0, 0.05) is 51.5 Å². The number of carbonyl (C=O) groups is 9. The summed E-state index contributed by atoms with van der Waals surface area (Å²) in [4.78, 5) is 129.